The van der Waals surface area contributed by atoms with Gasteiger partial charge in [-0.1, -0.05) is 18.2 Å². The number of pyridine rings is 1. The SMILES string of the molecule is N#Cc1ccc(C(=O)Nc2cccc(Cn3nc4ccccn4c3=O)c2)cc1. The minimum absolute atomic E-state index is 0.220. The molecule has 0 aliphatic heterocycles. The third-order valence-electron chi connectivity index (χ3n) is 4.28. The zero-order valence-corrected chi connectivity index (χ0v) is 14.7. The van der Waals surface area contributed by atoms with Gasteiger partial charge in [-0.05, 0) is 54.1 Å². The van der Waals surface area contributed by atoms with E-state index in [2.05, 4.69) is 10.4 Å². The summed E-state index contributed by atoms with van der Waals surface area (Å²) in [5, 5.41) is 16.0. The van der Waals surface area contributed by atoms with Crippen molar-refractivity contribution < 1.29 is 4.79 Å². The summed E-state index contributed by atoms with van der Waals surface area (Å²) in [7, 11) is 0. The van der Waals surface area contributed by atoms with Crippen LogP contribution in [0.25, 0.3) is 5.65 Å². The first-order valence-corrected chi connectivity index (χ1v) is 8.59. The van der Waals surface area contributed by atoms with E-state index in [-0.39, 0.29) is 11.6 Å². The fourth-order valence-electron chi connectivity index (χ4n) is 2.89. The molecule has 1 amide bonds. The summed E-state index contributed by atoms with van der Waals surface area (Å²) in [6, 6.07) is 21.1. The number of hydrogen-bond donors (Lipinski definition) is 1. The number of amides is 1. The zero-order chi connectivity index (χ0) is 19.5. The standard InChI is InChI=1S/C21H15N5O2/c22-13-15-7-9-17(10-8-15)20(27)23-18-5-3-4-16(12-18)14-26-21(28)25-11-2-1-6-19(25)24-26/h1-12H,14H2,(H,23,27). The number of carbonyl (C=O) groups is 1. The molecule has 0 aliphatic rings. The van der Waals surface area contributed by atoms with Gasteiger partial charge in [0.2, 0.25) is 0 Å². The summed E-state index contributed by atoms with van der Waals surface area (Å²) < 4.78 is 2.87. The van der Waals surface area contributed by atoms with Crippen LogP contribution in [0.15, 0.2) is 77.7 Å². The first kappa shape index (κ1) is 17.2. The highest BCUT2D eigenvalue weighted by atomic mass is 16.2. The first-order chi connectivity index (χ1) is 13.6. The van der Waals surface area contributed by atoms with Gasteiger partial charge < -0.3 is 5.32 Å². The monoisotopic (exact) mass is 369 g/mol. The lowest BCUT2D eigenvalue weighted by Crippen LogP contribution is -2.21. The second-order valence-corrected chi connectivity index (χ2v) is 6.21. The number of rotatable bonds is 4. The molecular formula is C21H15N5O2. The van der Waals surface area contributed by atoms with E-state index in [1.165, 1.54) is 9.08 Å². The highest BCUT2D eigenvalue weighted by Gasteiger charge is 2.09. The molecule has 0 unspecified atom stereocenters. The molecule has 0 fully saturated rings. The third-order valence-corrected chi connectivity index (χ3v) is 4.28. The third kappa shape index (κ3) is 3.39. The van der Waals surface area contributed by atoms with Crippen molar-refractivity contribution in [2.45, 2.75) is 6.54 Å². The maximum atomic E-state index is 12.4. The Morgan fingerprint density at radius 1 is 1.07 bits per heavy atom. The molecule has 0 saturated heterocycles. The predicted molar refractivity (Wildman–Crippen MR) is 104 cm³/mol. The van der Waals surface area contributed by atoms with Gasteiger partial charge in [0.15, 0.2) is 5.65 Å². The molecule has 1 N–H and O–H groups in total. The molecule has 4 aromatic rings. The lowest BCUT2D eigenvalue weighted by atomic mass is 10.1. The molecule has 28 heavy (non-hydrogen) atoms. The van der Waals surface area contributed by atoms with Gasteiger partial charge in [-0.3, -0.25) is 9.20 Å². The van der Waals surface area contributed by atoms with Crippen LogP contribution >= 0.6 is 0 Å². The van der Waals surface area contributed by atoms with E-state index in [0.717, 1.165) is 5.56 Å². The number of nitriles is 1. The van der Waals surface area contributed by atoms with Crippen LogP contribution in [0.4, 0.5) is 5.69 Å². The Labute approximate surface area is 160 Å². The number of aromatic nitrogens is 3. The molecule has 0 spiro atoms. The number of nitrogens with zero attached hydrogens (tertiary/aromatic N) is 4. The molecule has 0 saturated carbocycles. The van der Waals surface area contributed by atoms with Gasteiger partial charge in [0.1, 0.15) is 0 Å². The van der Waals surface area contributed by atoms with Gasteiger partial charge in [0.25, 0.3) is 5.91 Å². The molecule has 0 radical (unpaired) electrons. The molecular weight excluding hydrogens is 354 g/mol. The van der Waals surface area contributed by atoms with Crippen molar-refractivity contribution in [3.05, 3.63) is 100 Å². The summed E-state index contributed by atoms with van der Waals surface area (Å²) in [6.07, 6.45) is 1.68. The lowest BCUT2D eigenvalue weighted by Gasteiger charge is -2.07. The van der Waals surface area contributed by atoms with Crippen LogP contribution in [0, 0.1) is 11.3 Å². The fourth-order valence-corrected chi connectivity index (χ4v) is 2.89. The highest BCUT2D eigenvalue weighted by Crippen LogP contribution is 2.14. The Hall–Kier alpha value is -4.18. The quantitative estimate of drug-likeness (QED) is 0.599. The summed E-state index contributed by atoms with van der Waals surface area (Å²) in [5.41, 5.74) is 2.77. The molecule has 136 valence electrons. The summed E-state index contributed by atoms with van der Waals surface area (Å²) in [5.74, 6) is -0.272. The Balaban J connectivity index is 1.54. The Kier molecular flexibility index (Phi) is 4.44. The van der Waals surface area contributed by atoms with Gasteiger partial charge >= 0.3 is 5.69 Å². The maximum absolute atomic E-state index is 12.4. The van der Waals surface area contributed by atoms with Crippen LogP contribution in [0.3, 0.4) is 0 Å². The van der Waals surface area contributed by atoms with Crippen LogP contribution in [-0.4, -0.2) is 20.1 Å². The molecule has 7 nitrogen and oxygen atoms in total. The van der Waals surface area contributed by atoms with Crippen molar-refractivity contribution in [2.24, 2.45) is 0 Å². The van der Waals surface area contributed by atoms with E-state index in [9.17, 15) is 9.59 Å². The molecule has 7 heteroatoms. The Bertz CT molecular complexity index is 1260. The Morgan fingerprint density at radius 3 is 2.64 bits per heavy atom. The van der Waals surface area contributed by atoms with Crippen LogP contribution in [-0.2, 0) is 6.54 Å². The number of fused-ring (bicyclic) bond motifs is 1. The summed E-state index contributed by atoms with van der Waals surface area (Å²) >= 11 is 0. The second-order valence-electron chi connectivity index (χ2n) is 6.21. The van der Waals surface area contributed by atoms with Gasteiger partial charge in [-0.25, -0.2) is 9.48 Å². The van der Waals surface area contributed by atoms with Gasteiger partial charge in [0, 0.05) is 17.4 Å². The van der Waals surface area contributed by atoms with E-state index in [0.29, 0.717) is 29.0 Å². The maximum Gasteiger partial charge on any atom is 0.350 e. The van der Waals surface area contributed by atoms with Crippen LogP contribution in [0.2, 0.25) is 0 Å². The minimum Gasteiger partial charge on any atom is -0.322 e. The predicted octanol–water partition coefficient (Wildman–Crippen LogP) is 2.67. The first-order valence-electron chi connectivity index (χ1n) is 8.59. The van der Waals surface area contributed by atoms with E-state index >= 15 is 0 Å². The largest absolute Gasteiger partial charge is 0.350 e. The molecule has 2 aromatic heterocycles. The highest BCUT2D eigenvalue weighted by molar-refractivity contribution is 6.04. The van der Waals surface area contributed by atoms with E-state index in [1.54, 1.807) is 54.7 Å². The van der Waals surface area contributed by atoms with Gasteiger partial charge in [-0.15, -0.1) is 5.10 Å². The number of nitrogens with one attached hydrogen (secondary N) is 1. The van der Waals surface area contributed by atoms with Crippen molar-refractivity contribution in [1.82, 2.24) is 14.2 Å². The van der Waals surface area contributed by atoms with Crippen molar-refractivity contribution in [2.75, 3.05) is 5.32 Å². The molecule has 4 rings (SSSR count). The van der Waals surface area contributed by atoms with Crippen molar-refractivity contribution >= 4 is 17.2 Å². The normalized spacial score (nSPS) is 10.5. The van der Waals surface area contributed by atoms with E-state index in [1.807, 2.05) is 24.3 Å². The lowest BCUT2D eigenvalue weighted by molar-refractivity contribution is 0.102. The summed E-state index contributed by atoms with van der Waals surface area (Å²) in [6.45, 7) is 0.293. The molecule has 2 aromatic carbocycles. The molecule has 0 aliphatic carbocycles. The van der Waals surface area contributed by atoms with E-state index in [4.69, 9.17) is 5.26 Å². The van der Waals surface area contributed by atoms with Crippen LogP contribution in [0.1, 0.15) is 21.5 Å². The Morgan fingerprint density at radius 2 is 1.89 bits per heavy atom. The van der Waals surface area contributed by atoms with Gasteiger partial charge in [0.05, 0.1) is 18.2 Å². The smallest absolute Gasteiger partial charge is 0.322 e. The van der Waals surface area contributed by atoms with Crippen molar-refractivity contribution in [3.8, 4) is 6.07 Å². The number of anilines is 1. The molecule has 0 bridgehead atoms. The number of hydrogen-bond acceptors (Lipinski definition) is 4. The average Bonchev–Trinajstić information content (AvgIpc) is 3.04. The average molecular weight is 369 g/mol. The van der Waals surface area contributed by atoms with Crippen molar-refractivity contribution in [1.29, 1.82) is 5.26 Å². The van der Waals surface area contributed by atoms with Gasteiger partial charge in [-0.2, -0.15) is 5.26 Å². The minimum atomic E-state index is -0.272. The molecule has 2 heterocycles. The van der Waals surface area contributed by atoms with Crippen LogP contribution in [0.5, 0.6) is 0 Å². The topological polar surface area (TPSA) is 92.2 Å². The summed E-state index contributed by atoms with van der Waals surface area (Å²) in [4.78, 5) is 24.8. The number of carbonyl (C=O) groups excluding carboxylic acids is 1. The molecule has 0 atom stereocenters. The van der Waals surface area contributed by atoms with Crippen LogP contribution < -0.4 is 11.0 Å². The zero-order valence-electron chi connectivity index (χ0n) is 14.7. The van der Waals surface area contributed by atoms with Crippen molar-refractivity contribution in [3.63, 3.8) is 0 Å². The number of benzene rings is 2. The fraction of sp³-hybridized carbons (Fsp3) is 0.0476. The second kappa shape index (κ2) is 7.21. The van der Waals surface area contributed by atoms with E-state index < -0.39 is 0 Å².